The van der Waals surface area contributed by atoms with Gasteiger partial charge in [-0.25, -0.2) is 0 Å². The first kappa shape index (κ1) is 20.2. The molecule has 0 radical (unpaired) electrons. The summed E-state index contributed by atoms with van der Waals surface area (Å²) >= 11 is 0. The number of alkyl halides is 3. The fraction of sp³-hybridized carbons (Fsp3) is 0.667. The molecular weight excluding hydrogens is 355 g/mol. The summed E-state index contributed by atoms with van der Waals surface area (Å²) in [5.41, 5.74) is -0.551. The topological polar surface area (TPSA) is 29.5 Å². The Kier molecular flexibility index (Phi) is 6.14. The minimum atomic E-state index is -4.32. The first-order valence-electron chi connectivity index (χ1n) is 9.79. The monoisotopic (exact) mass is 383 g/mol. The Morgan fingerprint density at radius 1 is 1.26 bits per heavy atom. The molecule has 1 heterocycles. The Hall–Kier alpha value is -1.56. The van der Waals surface area contributed by atoms with Gasteiger partial charge in [-0.05, 0) is 56.1 Å². The summed E-state index contributed by atoms with van der Waals surface area (Å²) in [6, 6.07) is 5.81. The van der Waals surface area contributed by atoms with Crippen molar-refractivity contribution in [1.29, 1.82) is 0 Å². The van der Waals surface area contributed by atoms with Crippen LogP contribution in [-0.2, 0) is 22.1 Å². The van der Waals surface area contributed by atoms with Crippen LogP contribution in [0.1, 0.15) is 49.7 Å². The van der Waals surface area contributed by atoms with Crippen LogP contribution in [-0.4, -0.2) is 37.6 Å². The van der Waals surface area contributed by atoms with Crippen molar-refractivity contribution < 1.29 is 22.7 Å². The lowest BCUT2D eigenvalue weighted by Gasteiger charge is -2.45. The smallest absolute Gasteiger partial charge is 0.384 e. The first-order valence-corrected chi connectivity index (χ1v) is 9.79. The van der Waals surface area contributed by atoms with Gasteiger partial charge in [0, 0.05) is 20.2 Å². The fourth-order valence-electron chi connectivity index (χ4n) is 4.49. The number of amides is 1. The van der Waals surface area contributed by atoms with Crippen LogP contribution in [0.15, 0.2) is 24.3 Å². The van der Waals surface area contributed by atoms with Crippen LogP contribution in [0.25, 0.3) is 0 Å². The van der Waals surface area contributed by atoms with Gasteiger partial charge >= 0.3 is 6.18 Å². The molecular formula is C21H28F3NO2. The third kappa shape index (κ3) is 4.48. The summed E-state index contributed by atoms with van der Waals surface area (Å²) in [5, 5.41) is 0. The molecule has 0 aromatic heterocycles. The minimum Gasteiger partial charge on any atom is -0.384 e. The van der Waals surface area contributed by atoms with Crippen molar-refractivity contribution in [2.75, 3.05) is 26.8 Å². The minimum absolute atomic E-state index is 0.177. The van der Waals surface area contributed by atoms with Gasteiger partial charge in [-0.1, -0.05) is 24.6 Å². The number of aryl methyl sites for hydroxylation is 1. The second-order valence-corrected chi connectivity index (χ2v) is 8.02. The summed E-state index contributed by atoms with van der Waals surface area (Å²) in [6.07, 6.45) is 1.44. The fourth-order valence-corrected chi connectivity index (χ4v) is 4.49. The van der Waals surface area contributed by atoms with Gasteiger partial charge in [0.2, 0.25) is 5.91 Å². The number of rotatable bonds is 6. The van der Waals surface area contributed by atoms with Crippen molar-refractivity contribution in [2.24, 2.45) is 11.3 Å². The molecule has 2 fully saturated rings. The third-order valence-corrected chi connectivity index (χ3v) is 6.14. The van der Waals surface area contributed by atoms with Gasteiger partial charge in [-0.2, -0.15) is 13.2 Å². The van der Waals surface area contributed by atoms with E-state index < -0.39 is 11.7 Å². The molecule has 0 bridgehead atoms. The van der Waals surface area contributed by atoms with E-state index in [-0.39, 0.29) is 17.2 Å². The van der Waals surface area contributed by atoms with Crippen LogP contribution in [0.4, 0.5) is 13.2 Å². The van der Waals surface area contributed by atoms with Crippen LogP contribution < -0.4 is 0 Å². The number of ether oxygens (including phenoxy) is 1. The average Bonchev–Trinajstić information content (AvgIpc) is 2.62. The van der Waals surface area contributed by atoms with Gasteiger partial charge in [0.05, 0.1) is 17.6 Å². The molecule has 1 atom stereocenters. The van der Waals surface area contributed by atoms with Crippen LogP contribution in [0, 0.1) is 11.3 Å². The number of carbonyl (C=O) groups is 1. The van der Waals surface area contributed by atoms with E-state index in [0.29, 0.717) is 31.6 Å². The van der Waals surface area contributed by atoms with Gasteiger partial charge in [-0.15, -0.1) is 0 Å². The highest BCUT2D eigenvalue weighted by molar-refractivity contribution is 5.84. The molecule has 2 aliphatic rings. The molecule has 0 N–H and O–H groups in total. The molecule has 1 saturated carbocycles. The zero-order valence-electron chi connectivity index (χ0n) is 15.9. The van der Waals surface area contributed by atoms with E-state index in [0.717, 1.165) is 44.7 Å². The summed E-state index contributed by atoms with van der Waals surface area (Å²) < 4.78 is 44.8. The predicted molar refractivity (Wildman–Crippen MR) is 97.2 cm³/mol. The number of likely N-dealkylation sites (tertiary alicyclic amines) is 1. The molecule has 3 nitrogen and oxygen atoms in total. The van der Waals surface area contributed by atoms with Gasteiger partial charge < -0.3 is 9.64 Å². The highest BCUT2D eigenvalue weighted by Crippen LogP contribution is 2.43. The second kappa shape index (κ2) is 8.21. The highest BCUT2D eigenvalue weighted by Gasteiger charge is 2.47. The molecule has 1 aromatic rings. The number of benzene rings is 1. The van der Waals surface area contributed by atoms with Gasteiger partial charge in [-0.3, -0.25) is 4.79 Å². The molecule has 150 valence electrons. The summed E-state index contributed by atoms with van der Waals surface area (Å²) in [7, 11) is 1.63. The maximum absolute atomic E-state index is 13.2. The maximum atomic E-state index is 13.2. The lowest BCUT2D eigenvalue weighted by atomic mass is 9.68. The molecule has 1 saturated heterocycles. The third-order valence-electron chi connectivity index (χ3n) is 6.14. The van der Waals surface area contributed by atoms with Crippen molar-refractivity contribution in [1.82, 2.24) is 4.90 Å². The van der Waals surface area contributed by atoms with Crippen molar-refractivity contribution in [3.8, 4) is 0 Å². The Balaban J connectivity index is 1.60. The Morgan fingerprint density at radius 3 is 2.63 bits per heavy atom. The van der Waals surface area contributed by atoms with Crippen molar-refractivity contribution in [3.63, 3.8) is 0 Å². The lowest BCUT2D eigenvalue weighted by Crippen LogP contribution is -2.53. The van der Waals surface area contributed by atoms with E-state index in [4.69, 9.17) is 4.74 Å². The van der Waals surface area contributed by atoms with E-state index in [1.165, 1.54) is 6.07 Å². The Bertz CT molecular complexity index is 655. The van der Waals surface area contributed by atoms with Gasteiger partial charge in [0.15, 0.2) is 0 Å². The molecule has 1 aromatic carbocycles. The van der Waals surface area contributed by atoms with Crippen molar-refractivity contribution in [3.05, 3.63) is 35.4 Å². The quantitative estimate of drug-likeness (QED) is 0.713. The summed E-state index contributed by atoms with van der Waals surface area (Å²) in [5.74, 6) is 0.430. The molecule has 1 aliphatic carbocycles. The summed E-state index contributed by atoms with van der Waals surface area (Å²) in [4.78, 5) is 14.9. The standard InChI is InChI=1S/C21H28F3NO2/c1-27-15-20(11-5-12-20)19(26)25-13-4-6-16(14-25)9-10-17-7-2-3-8-18(17)21(22,23)24/h2-3,7-8,16H,4-6,9-15H2,1H3/t16-/m0/s1. The molecule has 0 spiro atoms. The van der Waals surface area contributed by atoms with E-state index in [9.17, 15) is 18.0 Å². The average molecular weight is 383 g/mol. The number of carbonyl (C=O) groups excluding carboxylic acids is 1. The van der Waals surface area contributed by atoms with Crippen LogP contribution in [0.2, 0.25) is 0 Å². The number of piperidine rings is 1. The van der Waals surface area contributed by atoms with E-state index in [1.807, 2.05) is 4.90 Å². The highest BCUT2D eigenvalue weighted by atomic mass is 19.4. The lowest BCUT2D eigenvalue weighted by molar-refractivity contribution is -0.154. The zero-order chi connectivity index (χ0) is 19.5. The van der Waals surface area contributed by atoms with Crippen molar-refractivity contribution >= 4 is 5.91 Å². The maximum Gasteiger partial charge on any atom is 0.416 e. The number of nitrogens with zero attached hydrogens (tertiary/aromatic N) is 1. The molecule has 1 amide bonds. The molecule has 6 heteroatoms. The second-order valence-electron chi connectivity index (χ2n) is 8.02. The van der Waals surface area contributed by atoms with E-state index in [1.54, 1.807) is 19.2 Å². The summed E-state index contributed by atoms with van der Waals surface area (Å²) in [6.45, 7) is 1.87. The number of halogens is 3. The molecule has 1 aliphatic heterocycles. The number of methoxy groups -OCH3 is 1. The number of hydrogen-bond acceptors (Lipinski definition) is 2. The van der Waals surface area contributed by atoms with Crippen LogP contribution in [0.5, 0.6) is 0 Å². The molecule has 0 unspecified atom stereocenters. The normalized spacial score (nSPS) is 22.4. The zero-order valence-corrected chi connectivity index (χ0v) is 15.9. The number of hydrogen-bond donors (Lipinski definition) is 0. The van der Waals surface area contributed by atoms with E-state index in [2.05, 4.69) is 0 Å². The first-order chi connectivity index (χ1) is 12.9. The van der Waals surface area contributed by atoms with Crippen molar-refractivity contribution in [2.45, 2.75) is 51.1 Å². The Morgan fingerprint density at radius 2 is 2.00 bits per heavy atom. The van der Waals surface area contributed by atoms with E-state index >= 15 is 0 Å². The SMILES string of the molecule is COCC1(C(=O)N2CCC[C@@H](CCc3ccccc3C(F)(F)F)C2)CCC1. The predicted octanol–water partition coefficient (Wildman–Crippen LogP) is 4.69. The van der Waals surface area contributed by atoms with Crippen LogP contribution >= 0.6 is 0 Å². The molecule has 3 rings (SSSR count). The molecule has 27 heavy (non-hydrogen) atoms. The van der Waals surface area contributed by atoms with Gasteiger partial charge in [0.1, 0.15) is 0 Å². The van der Waals surface area contributed by atoms with Gasteiger partial charge in [0.25, 0.3) is 0 Å². The largest absolute Gasteiger partial charge is 0.416 e. The van der Waals surface area contributed by atoms with Crippen LogP contribution in [0.3, 0.4) is 0 Å². The Labute approximate surface area is 158 Å².